The van der Waals surface area contributed by atoms with Crippen molar-refractivity contribution in [3.63, 3.8) is 0 Å². The lowest BCUT2D eigenvalue weighted by Crippen LogP contribution is -2.24. The third-order valence-electron chi connectivity index (χ3n) is 2.90. The highest BCUT2D eigenvalue weighted by Gasteiger charge is 2.30. The van der Waals surface area contributed by atoms with E-state index in [1.165, 1.54) is 19.2 Å². The fourth-order valence-electron chi connectivity index (χ4n) is 1.82. The number of aryl methyl sites for hydroxylation is 1. The molecule has 1 heterocycles. The number of likely N-dealkylation sites (N-methyl/N-ethyl adjacent to an activating group) is 1. The highest BCUT2D eigenvalue weighted by molar-refractivity contribution is 6.14. The van der Waals surface area contributed by atoms with Gasteiger partial charge in [0.1, 0.15) is 5.70 Å². The second-order valence-electron chi connectivity index (χ2n) is 4.11. The van der Waals surface area contributed by atoms with E-state index in [0.29, 0.717) is 11.1 Å². The van der Waals surface area contributed by atoms with E-state index in [4.69, 9.17) is 0 Å². The van der Waals surface area contributed by atoms with Crippen LogP contribution < -0.4 is 5.32 Å². The van der Waals surface area contributed by atoms with Crippen molar-refractivity contribution >= 4 is 23.7 Å². The quantitative estimate of drug-likeness (QED) is 0.377. The molecule has 0 atom stereocenters. The van der Waals surface area contributed by atoms with Crippen molar-refractivity contribution in [3.8, 4) is 0 Å². The minimum atomic E-state index is -0.565. The lowest BCUT2D eigenvalue weighted by molar-refractivity contribution is -0.385. The van der Waals surface area contributed by atoms with Gasteiger partial charge in [-0.2, -0.15) is 0 Å². The zero-order chi connectivity index (χ0) is 14.2. The summed E-state index contributed by atoms with van der Waals surface area (Å²) in [6.07, 6.45) is 1.35. The van der Waals surface area contributed by atoms with Gasteiger partial charge >= 0.3 is 6.03 Å². The molecule has 0 aromatic heterocycles. The molecule has 0 spiro atoms. The standard InChI is InChI=1S/C12H11N3O4/c1-7-4-3-5-9(15(18)19)8(7)6-10-11(16)13-12(17)14(10)2/h3-6H,1-2H3,(H,13,16,17). The SMILES string of the molecule is Cc1cccc([N+](=O)[O-])c1C=C1C(=O)NC(=O)N1C. The number of urea groups is 1. The van der Waals surface area contributed by atoms with Crippen LogP contribution in [0.15, 0.2) is 23.9 Å². The number of nitrogens with zero attached hydrogens (tertiary/aromatic N) is 2. The maximum absolute atomic E-state index is 11.6. The average Bonchev–Trinajstić information content (AvgIpc) is 2.57. The molecule has 98 valence electrons. The fraction of sp³-hybridized carbons (Fsp3) is 0.167. The van der Waals surface area contributed by atoms with Gasteiger partial charge in [-0.05, 0) is 18.6 Å². The molecule has 1 N–H and O–H groups in total. The molecule has 1 aromatic rings. The van der Waals surface area contributed by atoms with E-state index in [0.717, 1.165) is 4.90 Å². The number of carbonyl (C=O) groups is 2. The summed E-state index contributed by atoms with van der Waals surface area (Å²) in [6.45, 7) is 1.70. The van der Waals surface area contributed by atoms with Crippen molar-refractivity contribution in [2.45, 2.75) is 6.92 Å². The van der Waals surface area contributed by atoms with Crippen LogP contribution in [-0.2, 0) is 4.79 Å². The topological polar surface area (TPSA) is 92.5 Å². The molecular weight excluding hydrogens is 250 g/mol. The van der Waals surface area contributed by atoms with Crippen LogP contribution in [0, 0.1) is 17.0 Å². The number of hydrogen-bond acceptors (Lipinski definition) is 4. The van der Waals surface area contributed by atoms with Crippen molar-refractivity contribution in [3.05, 3.63) is 45.1 Å². The Kier molecular flexibility index (Phi) is 3.04. The Morgan fingerprint density at radius 1 is 1.37 bits per heavy atom. The summed E-state index contributed by atoms with van der Waals surface area (Å²) in [5, 5.41) is 13.1. The predicted octanol–water partition coefficient (Wildman–Crippen LogP) is 1.43. The maximum Gasteiger partial charge on any atom is 0.328 e. The first-order valence-corrected chi connectivity index (χ1v) is 5.46. The summed E-state index contributed by atoms with van der Waals surface area (Å²) in [5.74, 6) is -0.565. The molecule has 1 aliphatic rings. The monoisotopic (exact) mass is 261 g/mol. The zero-order valence-corrected chi connectivity index (χ0v) is 10.3. The smallest absolute Gasteiger partial charge is 0.292 e. The summed E-state index contributed by atoms with van der Waals surface area (Å²) in [4.78, 5) is 34.5. The van der Waals surface area contributed by atoms with Gasteiger partial charge in [-0.1, -0.05) is 12.1 Å². The number of rotatable bonds is 2. The van der Waals surface area contributed by atoms with Crippen LogP contribution in [0.3, 0.4) is 0 Å². The molecule has 0 unspecified atom stereocenters. The average molecular weight is 261 g/mol. The van der Waals surface area contributed by atoms with Gasteiger partial charge in [0.05, 0.1) is 10.5 Å². The molecule has 1 aliphatic heterocycles. The van der Waals surface area contributed by atoms with Crippen LogP contribution in [0.4, 0.5) is 10.5 Å². The summed E-state index contributed by atoms with van der Waals surface area (Å²) in [5.41, 5.74) is 0.955. The number of amides is 3. The zero-order valence-electron chi connectivity index (χ0n) is 10.3. The highest BCUT2D eigenvalue weighted by atomic mass is 16.6. The number of nitro groups is 1. The van der Waals surface area contributed by atoms with Gasteiger partial charge in [0, 0.05) is 13.1 Å². The number of benzene rings is 1. The van der Waals surface area contributed by atoms with Crippen molar-refractivity contribution in [1.29, 1.82) is 0 Å². The van der Waals surface area contributed by atoms with E-state index in [2.05, 4.69) is 5.32 Å². The molecule has 7 heteroatoms. The lowest BCUT2D eigenvalue weighted by Gasteiger charge is -2.08. The molecule has 0 saturated carbocycles. The van der Waals surface area contributed by atoms with E-state index < -0.39 is 16.9 Å². The minimum absolute atomic E-state index is 0.0856. The van der Waals surface area contributed by atoms with Gasteiger partial charge in [-0.25, -0.2) is 4.79 Å². The number of carbonyl (C=O) groups excluding carboxylic acids is 2. The predicted molar refractivity (Wildman–Crippen MR) is 67.1 cm³/mol. The van der Waals surface area contributed by atoms with Gasteiger partial charge in [0.15, 0.2) is 0 Å². The van der Waals surface area contributed by atoms with Crippen LogP contribution in [0.1, 0.15) is 11.1 Å². The van der Waals surface area contributed by atoms with Crippen LogP contribution in [-0.4, -0.2) is 28.8 Å². The number of nitro benzene ring substituents is 1. The van der Waals surface area contributed by atoms with Gasteiger partial charge < -0.3 is 0 Å². The van der Waals surface area contributed by atoms with Gasteiger partial charge in [0.25, 0.3) is 11.6 Å². The van der Waals surface area contributed by atoms with Crippen LogP contribution in [0.25, 0.3) is 6.08 Å². The van der Waals surface area contributed by atoms with E-state index in [1.54, 1.807) is 19.1 Å². The van der Waals surface area contributed by atoms with Crippen LogP contribution in [0.2, 0.25) is 0 Å². The molecule has 1 saturated heterocycles. The second-order valence-corrected chi connectivity index (χ2v) is 4.11. The summed E-state index contributed by atoms with van der Waals surface area (Å²) in [7, 11) is 1.43. The summed E-state index contributed by atoms with van der Waals surface area (Å²) >= 11 is 0. The fourth-order valence-corrected chi connectivity index (χ4v) is 1.82. The van der Waals surface area contributed by atoms with E-state index in [9.17, 15) is 19.7 Å². The van der Waals surface area contributed by atoms with Crippen LogP contribution >= 0.6 is 0 Å². The molecule has 19 heavy (non-hydrogen) atoms. The second kappa shape index (κ2) is 4.52. The number of imide groups is 1. The molecule has 2 rings (SSSR count). The van der Waals surface area contributed by atoms with Crippen LogP contribution in [0.5, 0.6) is 0 Å². The highest BCUT2D eigenvalue weighted by Crippen LogP contribution is 2.26. The third-order valence-corrected chi connectivity index (χ3v) is 2.90. The largest absolute Gasteiger partial charge is 0.328 e. The van der Waals surface area contributed by atoms with Crippen molar-refractivity contribution in [2.24, 2.45) is 0 Å². The third kappa shape index (κ3) is 2.17. The first kappa shape index (κ1) is 12.7. The van der Waals surface area contributed by atoms with Crippen molar-refractivity contribution in [1.82, 2.24) is 10.2 Å². The Morgan fingerprint density at radius 2 is 2.05 bits per heavy atom. The molecule has 0 aliphatic carbocycles. The lowest BCUT2D eigenvalue weighted by atomic mass is 10.1. The van der Waals surface area contributed by atoms with E-state index in [-0.39, 0.29) is 11.4 Å². The summed E-state index contributed by atoms with van der Waals surface area (Å²) < 4.78 is 0. The Hall–Kier alpha value is -2.70. The molecular formula is C12H11N3O4. The van der Waals surface area contributed by atoms with E-state index in [1.807, 2.05) is 0 Å². The first-order valence-electron chi connectivity index (χ1n) is 5.46. The molecule has 0 radical (unpaired) electrons. The molecule has 1 aromatic carbocycles. The molecule has 7 nitrogen and oxygen atoms in total. The Labute approximate surface area is 108 Å². The van der Waals surface area contributed by atoms with Gasteiger partial charge in [-0.3, -0.25) is 25.1 Å². The number of hydrogen-bond donors (Lipinski definition) is 1. The Morgan fingerprint density at radius 3 is 2.58 bits per heavy atom. The Balaban J connectivity index is 2.58. The number of nitrogens with one attached hydrogen (secondary N) is 1. The van der Waals surface area contributed by atoms with Gasteiger partial charge in [-0.15, -0.1) is 0 Å². The molecule has 3 amide bonds. The Bertz CT molecular complexity index is 621. The van der Waals surface area contributed by atoms with Gasteiger partial charge in [0.2, 0.25) is 0 Å². The first-order chi connectivity index (χ1) is 8.91. The molecule has 1 fully saturated rings. The van der Waals surface area contributed by atoms with E-state index >= 15 is 0 Å². The van der Waals surface area contributed by atoms with Crippen molar-refractivity contribution < 1.29 is 14.5 Å². The normalized spacial score (nSPS) is 16.9. The van der Waals surface area contributed by atoms with Crippen molar-refractivity contribution in [2.75, 3.05) is 7.05 Å². The maximum atomic E-state index is 11.6. The minimum Gasteiger partial charge on any atom is -0.292 e. The summed E-state index contributed by atoms with van der Waals surface area (Å²) in [6, 6.07) is 4.08. The molecule has 0 bridgehead atoms.